The quantitative estimate of drug-likeness (QED) is 0.847. The zero-order chi connectivity index (χ0) is 10.9. The first-order valence-corrected chi connectivity index (χ1v) is 6.35. The van der Waals surface area contributed by atoms with Crippen molar-refractivity contribution < 1.29 is 8.42 Å². The molecular weight excluding hydrogens is 222 g/mol. The second-order valence-corrected chi connectivity index (χ2v) is 5.60. The third-order valence-electron chi connectivity index (χ3n) is 1.87. The van der Waals surface area contributed by atoms with E-state index in [2.05, 4.69) is 0 Å². The average Bonchev–Trinajstić information content (AvgIpc) is 2.01. The Hall–Kier alpha value is -0.580. The van der Waals surface area contributed by atoms with Crippen molar-refractivity contribution in [1.29, 1.82) is 0 Å². The molecule has 5 heteroatoms. The van der Waals surface area contributed by atoms with Gasteiger partial charge in [0.05, 0.1) is 4.90 Å². The molecule has 0 spiro atoms. The summed E-state index contributed by atoms with van der Waals surface area (Å²) in [6, 6.07) is 4.35. The van der Waals surface area contributed by atoms with E-state index in [1.165, 1.54) is 6.07 Å². The molecule has 1 unspecified atom stereocenters. The van der Waals surface area contributed by atoms with Gasteiger partial charge in [0.2, 0.25) is 0 Å². The molecular formula is C9H12ClNO2S. The van der Waals surface area contributed by atoms with Crippen LogP contribution in [0, 0.1) is 0 Å². The van der Waals surface area contributed by atoms with Gasteiger partial charge in [0, 0.05) is 22.9 Å². The first-order chi connectivity index (χ1) is 6.34. The van der Waals surface area contributed by atoms with Crippen molar-refractivity contribution in [3.8, 4) is 0 Å². The molecule has 0 aliphatic carbocycles. The maximum atomic E-state index is 11.4. The molecule has 0 aromatic heterocycles. The highest BCUT2D eigenvalue weighted by molar-refractivity contribution is 7.90. The fourth-order valence-corrected chi connectivity index (χ4v) is 2.71. The molecule has 2 N–H and O–H groups in total. The van der Waals surface area contributed by atoms with Gasteiger partial charge in [-0.2, -0.15) is 0 Å². The van der Waals surface area contributed by atoms with Crippen LogP contribution in [0.15, 0.2) is 23.1 Å². The van der Waals surface area contributed by atoms with Gasteiger partial charge in [0.1, 0.15) is 0 Å². The summed E-state index contributed by atoms with van der Waals surface area (Å²) in [7, 11) is -3.27. The van der Waals surface area contributed by atoms with Crippen LogP contribution in [0.3, 0.4) is 0 Å². The minimum atomic E-state index is -3.27. The molecule has 1 aromatic carbocycles. The van der Waals surface area contributed by atoms with Crippen LogP contribution in [0.25, 0.3) is 0 Å². The smallest absolute Gasteiger partial charge is 0.175 e. The first kappa shape index (κ1) is 11.5. The van der Waals surface area contributed by atoms with E-state index in [4.69, 9.17) is 17.3 Å². The number of hydrogen-bond donors (Lipinski definition) is 1. The SMILES string of the molecule is CC(N)c1c(Cl)cccc1S(C)(=O)=O. The maximum Gasteiger partial charge on any atom is 0.175 e. The van der Waals surface area contributed by atoms with Gasteiger partial charge in [-0.3, -0.25) is 0 Å². The van der Waals surface area contributed by atoms with E-state index in [1.54, 1.807) is 19.1 Å². The Balaban J connectivity index is 3.52. The lowest BCUT2D eigenvalue weighted by Gasteiger charge is -2.12. The second-order valence-electron chi connectivity index (χ2n) is 3.21. The fraction of sp³-hybridized carbons (Fsp3) is 0.333. The topological polar surface area (TPSA) is 60.2 Å². The minimum Gasteiger partial charge on any atom is -0.324 e. The molecule has 0 amide bonds. The standard InChI is InChI=1S/C9H12ClNO2S/c1-6(11)9-7(10)4-3-5-8(9)14(2,12)13/h3-6H,11H2,1-2H3. The molecule has 1 aromatic rings. The van der Waals surface area contributed by atoms with E-state index in [0.29, 0.717) is 10.6 Å². The summed E-state index contributed by atoms with van der Waals surface area (Å²) in [5.41, 5.74) is 6.15. The van der Waals surface area contributed by atoms with E-state index < -0.39 is 15.9 Å². The highest BCUT2D eigenvalue weighted by Gasteiger charge is 2.17. The third-order valence-corrected chi connectivity index (χ3v) is 3.35. The van der Waals surface area contributed by atoms with Gasteiger partial charge in [-0.15, -0.1) is 0 Å². The van der Waals surface area contributed by atoms with Crippen molar-refractivity contribution in [2.75, 3.05) is 6.26 Å². The first-order valence-electron chi connectivity index (χ1n) is 4.08. The summed E-state index contributed by atoms with van der Waals surface area (Å²) in [5, 5.41) is 0.392. The summed E-state index contributed by atoms with van der Waals surface area (Å²) >= 11 is 5.89. The number of halogens is 1. The Labute approximate surface area is 88.8 Å². The average molecular weight is 234 g/mol. The van der Waals surface area contributed by atoms with Crippen molar-refractivity contribution in [2.24, 2.45) is 5.73 Å². The van der Waals surface area contributed by atoms with Crippen LogP contribution in [0.1, 0.15) is 18.5 Å². The van der Waals surface area contributed by atoms with Gasteiger partial charge in [-0.25, -0.2) is 8.42 Å². The summed E-state index contributed by atoms with van der Waals surface area (Å²) < 4.78 is 22.8. The normalized spacial score (nSPS) is 14.0. The van der Waals surface area contributed by atoms with Crippen molar-refractivity contribution in [3.63, 3.8) is 0 Å². The molecule has 78 valence electrons. The molecule has 0 aliphatic heterocycles. The van der Waals surface area contributed by atoms with Gasteiger partial charge < -0.3 is 5.73 Å². The number of benzene rings is 1. The van der Waals surface area contributed by atoms with E-state index >= 15 is 0 Å². The van der Waals surface area contributed by atoms with Crippen molar-refractivity contribution in [1.82, 2.24) is 0 Å². The maximum absolute atomic E-state index is 11.4. The number of rotatable bonds is 2. The molecule has 1 rings (SSSR count). The zero-order valence-corrected chi connectivity index (χ0v) is 9.56. The molecule has 0 saturated carbocycles. The van der Waals surface area contributed by atoms with E-state index in [1.807, 2.05) is 0 Å². The molecule has 0 bridgehead atoms. The molecule has 14 heavy (non-hydrogen) atoms. The Morgan fingerprint density at radius 2 is 2.00 bits per heavy atom. The van der Waals surface area contributed by atoms with Gasteiger partial charge in [-0.05, 0) is 19.1 Å². The molecule has 0 fully saturated rings. The summed E-state index contributed by atoms with van der Waals surface area (Å²) in [6.45, 7) is 1.70. The molecule has 1 atom stereocenters. The lowest BCUT2D eigenvalue weighted by molar-refractivity contribution is 0.599. The van der Waals surface area contributed by atoms with Crippen LogP contribution < -0.4 is 5.73 Å². The van der Waals surface area contributed by atoms with Gasteiger partial charge in [0.15, 0.2) is 9.84 Å². The largest absolute Gasteiger partial charge is 0.324 e. The number of hydrogen-bond acceptors (Lipinski definition) is 3. The van der Waals surface area contributed by atoms with Crippen LogP contribution in [-0.2, 0) is 9.84 Å². The molecule has 3 nitrogen and oxygen atoms in total. The molecule has 0 radical (unpaired) electrons. The molecule has 0 saturated heterocycles. The highest BCUT2D eigenvalue weighted by atomic mass is 35.5. The van der Waals surface area contributed by atoms with Crippen LogP contribution >= 0.6 is 11.6 Å². The second kappa shape index (κ2) is 3.88. The van der Waals surface area contributed by atoms with E-state index in [0.717, 1.165) is 6.26 Å². The summed E-state index contributed by atoms with van der Waals surface area (Å²) in [4.78, 5) is 0.208. The Kier molecular flexibility index (Phi) is 3.19. The van der Waals surface area contributed by atoms with Crippen LogP contribution in [-0.4, -0.2) is 14.7 Å². The van der Waals surface area contributed by atoms with E-state index in [9.17, 15) is 8.42 Å². The van der Waals surface area contributed by atoms with Crippen LogP contribution in [0.2, 0.25) is 5.02 Å². The minimum absolute atomic E-state index is 0.208. The number of nitrogens with two attached hydrogens (primary N) is 1. The van der Waals surface area contributed by atoms with Crippen LogP contribution in [0.4, 0.5) is 0 Å². The van der Waals surface area contributed by atoms with Crippen LogP contribution in [0.5, 0.6) is 0 Å². The van der Waals surface area contributed by atoms with Gasteiger partial charge >= 0.3 is 0 Å². The lowest BCUT2D eigenvalue weighted by atomic mass is 10.1. The number of sulfone groups is 1. The fourth-order valence-electron chi connectivity index (χ4n) is 1.28. The Morgan fingerprint density at radius 3 is 2.36 bits per heavy atom. The van der Waals surface area contributed by atoms with Gasteiger partial charge in [-0.1, -0.05) is 17.7 Å². The van der Waals surface area contributed by atoms with Gasteiger partial charge in [0.25, 0.3) is 0 Å². The van der Waals surface area contributed by atoms with Crippen molar-refractivity contribution >= 4 is 21.4 Å². The Morgan fingerprint density at radius 1 is 1.43 bits per heavy atom. The Bertz CT molecular complexity index is 440. The monoisotopic (exact) mass is 233 g/mol. The van der Waals surface area contributed by atoms with E-state index in [-0.39, 0.29) is 4.90 Å². The lowest BCUT2D eigenvalue weighted by Crippen LogP contribution is -2.11. The molecule has 0 heterocycles. The van der Waals surface area contributed by atoms with Crippen molar-refractivity contribution in [3.05, 3.63) is 28.8 Å². The highest BCUT2D eigenvalue weighted by Crippen LogP contribution is 2.28. The predicted molar refractivity (Wildman–Crippen MR) is 57.2 cm³/mol. The summed E-state index contributed by atoms with van der Waals surface area (Å²) in [6.07, 6.45) is 1.14. The predicted octanol–water partition coefficient (Wildman–Crippen LogP) is 1.76. The zero-order valence-electron chi connectivity index (χ0n) is 7.99. The third kappa shape index (κ3) is 2.26. The molecule has 0 aliphatic rings. The van der Waals surface area contributed by atoms with Crippen molar-refractivity contribution in [2.45, 2.75) is 17.9 Å². The summed E-state index contributed by atoms with van der Waals surface area (Å²) in [5.74, 6) is 0.